The number of amides is 2. The molecule has 0 aromatic carbocycles. The van der Waals surface area contributed by atoms with E-state index in [1.54, 1.807) is 6.92 Å². The van der Waals surface area contributed by atoms with Crippen LogP contribution in [0, 0.1) is 0 Å². The lowest BCUT2D eigenvalue weighted by Crippen LogP contribution is -2.69. The zero-order chi connectivity index (χ0) is 9.47. The first-order valence-electron chi connectivity index (χ1n) is 4.35. The molecule has 5 heteroatoms. The summed E-state index contributed by atoms with van der Waals surface area (Å²) in [6.07, 6.45) is 0.635. The monoisotopic (exact) mass is 184 g/mol. The maximum absolute atomic E-state index is 11.5. The van der Waals surface area contributed by atoms with Crippen LogP contribution in [-0.4, -0.2) is 36.6 Å². The lowest BCUT2D eigenvalue weighted by Gasteiger charge is -2.34. The molecule has 0 aromatic rings. The van der Waals surface area contributed by atoms with Crippen LogP contribution in [0.15, 0.2) is 0 Å². The summed E-state index contributed by atoms with van der Waals surface area (Å²) < 4.78 is 5.16. The van der Waals surface area contributed by atoms with E-state index in [0.29, 0.717) is 19.6 Å². The Morgan fingerprint density at radius 2 is 2.31 bits per heavy atom. The van der Waals surface area contributed by atoms with Crippen molar-refractivity contribution < 1.29 is 14.3 Å². The van der Waals surface area contributed by atoms with Gasteiger partial charge in [-0.15, -0.1) is 0 Å². The largest absolute Gasteiger partial charge is 0.379 e. The first-order valence-corrected chi connectivity index (χ1v) is 4.35. The third-order valence-electron chi connectivity index (χ3n) is 2.58. The number of rotatable bonds is 0. The number of hydrogen-bond donors (Lipinski definition) is 2. The summed E-state index contributed by atoms with van der Waals surface area (Å²) in [6.45, 7) is 2.67. The number of carbonyl (C=O) groups excluding carboxylic acids is 2. The first kappa shape index (κ1) is 8.65. The molecule has 2 unspecified atom stereocenters. The molecule has 2 aliphatic rings. The maximum Gasteiger partial charge on any atom is 0.249 e. The van der Waals surface area contributed by atoms with Crippen LogP contribution in [0.5, 0.6) is 0 Å². The summed E-state index contributed by atoms with van der Waals surface area (Å²) in [7, 11) is 0. The molecule has 2 heterocycles. The lowest BCUT2D eigenvalue weighted by atomic mass is 9.93. The molecule has 2 amide bonds. The van der Waals surface area contributed by atoms with E-state index >= 15 is 0 Å². The van der Waals surface area contributed by atoms with Crippen LogP contribution < -0.4 is 10.6 Å². The van der Waals surface area contributed by atoms with Crippen molar-refractivity contribution in [3.8, 4) is 0 Å². The standard InChI is InChI=1S/C8H12N2O3/c1-5-6(11)9-7(12)8(10-5)2-3-13-4-8/h5,10H,2-4H2,1H3,(H,9,11,12). The fourth-order valence-corrected chi connectivity index (χ4v) is 1.74. The van der Waals surface area contributed by atoms with Crippen molar-refractivity contribution in [2.24, 2.45) is 0 Å². The Balaban J connectivity index is 2.20. The molecule has 2 N–H and O–H groups in total. The number of imide groups is 1. The summed E-state index contributed by atoms with van der Waals surface area (Å²) in [5.74, 6) is -0.518. The van der Waals surface area contributed by atoms with Gasteiger partial charge in [-0.05, 0) is 6.92 Å². The molecule has 2 saturated heterocycles. The second kappa shape index (κ2) is 2.78. The zero-order valence-electron chi connectivity index (χ0n) is 7.42. The summed E-state index contributed by atoms with van der Waals surface area (Å²) in [5, 5.41) is 5.35. The van der Waals surface area contributed by atoms with Gasteiger partial charge in [-0.2, -0.15) is 0 Å². The molecule has 72 valence electrons. The highest BCUT2D eigenvalue weighted by Crippen LogP contribution is 2.21. The minimum atomic E-state index is -0.659. The third-order valence-corrected chi connectivity index (χ3v) is 2.58. The fraction of sp³-hybridized carbons (Fsp3) is 0.750. The predicted molar refractivity (Wildman–Crippen MR) is 43.9 cm³/mol. The van der Waals surface area contributed by atoms with E-state index in [1.165, 1.54) is 0 Å². The molecule has 2 atom stereocenters. The number of piperazine rings is 1. The van der Waals surface area contributed by atoms with Crippen LogP contribution in [0.1, 0.15) is 13.3 Å². The molecule has 0 aliphatic carbocycles. The van der Waals surface area contributed by atoms with Gasteiger partial charge in [-0.1, -0.05) is 0 Å². The highest BCUT2D eigenvalue weighted by molar-refractivity contribution is 6.04. The molecular formula is C8H12N2O3. The Morgan fingerprint density at radius 3 is 2.92 bits per heavy atom. The van der Waals surface area contributed by atoms with Crippen LogP contribution in [0.2, 0.25) is 0 Å². The SMILES string of the molecule is CC1NC2(CCOC2)C(=O)NC1=O. The van der Waals surface area contributed by atoms with E-state index in [1.807, 2.05) is 0 Å². The number of carbonyl (C=O) groups is 2. The van der Waals surface area contributed by atoms with Gasteiger partial charge in [0.1, 0.15) is 5.54 Å². The summed E-state index contributed by atoms with van der Waals surface area (Å²) >= 11 is 0. The topological polar surface area (TPSA) is 67.4 Å². The Morgan fingerprint density at radius 1 is 1.54 bits per heavy atom. The average molecular weight is 184 g/mol. The van der Waals surface area contributed by atoms with E-state index in [0.717, 1.165) is 0 Å². The number of ether oxygens (including phenoxy) is 1. The molecular weight excluding hydrogens is 172 g/mol. The summed E-state index contributed by atoms with van der Waals surface area (Å²) in [4.78, 5) is 22.6. The highest BCUT2D eigenvalue weighted by Gasteiger charge is 2.47. The molecule has 13 heavy (non-hydrogen) atoms. The Labute approximate surface area is 75.8 Å². The highest BCUT2D eigenvalue weighted by atomic mass is 16.5. The minimum absolute atomic E-state index is 0.256. The first-order chi connectivity index (χ1) is 6.14. The minimum Gasteiger partial charge on any atom is -0.379 e. The second-order valence-corrected chi connectivity index (χ2v) is 3.57. The van der Waals surface area contributed by atoms with Gasteiger partial charge >= 0.3 is 0 Å². The van der Waals surface area contributed by atoms with Gasteiger partial charge in [0.15, 0.2) is 0 Å². The Bertz CT molecular complexity index is 258. The van der Waals surface area contributed by atoms with E-state index < -0.39 is 5.54 Å². The number of hydrogen-bond acceptors (Lipinski definition) is 4. The lowest BCUT2D eigenvalue weighted by molar-refractivity contribution is -0.140. The molecule has 0 saturated carbocycles. The van der Waals surface area contributed by atoms with E-state index in [4.69, 9.17) is 4.74 Å². The van der Waals surface area contributed by atoms with Crippen molar-refractivity contribution in [3.63, 3.8) is 0 Å². The van der Waals surface area contributed by atoms with Crippen LogP contribution in [0.4, 0.5) is 0 Å². The molecule has 0 bridgehead atoms. The maximum atomic E-state index is 11.5. The normalized spacial score (nSPS) is 39.6. The molecule has 2 fully saturated rings. The quantitative estimate of drug-likeness (QED) is 0.463. The smallest absolute Gasteiger partial charge is 0.249 e. The third kappa shape index (κ3) is 1.24. The van der Waals surface area contributed by atoms with Crippen molar-refractivity contribution in [1.82, 2.24) is 10.6 Å². The molecule has 2 rings (SSSR count). The van der Waals surface area contributed by atoms with E-state index in [2.05, 4.69) is 10.6 Å². The van der Waals surface area contributed by atoms with E-state index in [9.17, 15) is 9.59 Å². The predicted octanol–water partition coefficient (Wildman–Crippen LogP) is -1.22. The van der Waals surface area contributed by atoms with Gasteiger partial charge in [-0.25, -0.2) is 0 Å². The average Bonchev–Trinajstić information content (AvgIpc) is 2.51. The van der Waals surface area contributed by atoms with Crippen molar-refractivity contribution >= 4 is 11.8 Å². The van der Waals surface area contributed by atoms with E-state index in [-0.39, 0.29) is 17.9 Å². The van der Waals surface area contributed by atoms with Crippen molar-refractivity contribution in [3.05, 3.63) is 0 Å². The van der Waals surface area contributed by atoms with Gasteiger partial charge in [0.25, 0.3) is 0 Å². The van der Waals surface area contributed by atoms with Crippen LogP contribution >= 0.6 is 0 Å². The van der Waals surface area contributed by atoms with Crippen molar-refractivity contribution in [1.29, 1.82) is 0 Å². The van der Waals surface area contributed by atoms with Crippen LogP contribution in [-0.2, 0) is 14.3 Å². The summed E-state index contributed by atoms with van der Waals surface area (Å²) in [5.41, 5.74) is -0.659. The molecule has 0 aromatic heterocycles. The molecule has 5 nitrogen and oxygen atoms in total. The van der Waals surface area contributed by atoms with Crippen LogP contribution in [0.25, 0.3) is 0 Å². The van der Waals surface area contributed by atoms with Crippen molar-refractivity contribution in [2.75, 3.05) is 13.2 Å². The Kier molecular flexibility index (Phi) is 1.85. The fourth-order valence-electron chi connectivity index (χ4n) is 1.74. The van der Waals surface area contributed by atoms with Gasteiger partial charge in [0.2, 0.25) is 11.8 Å². The second-order valence-electron chi connectivity index (χ2n) is 3.57. The molecule has 2 aliphatic heterocycles. The van der Waals surface area contributed by atoms with Gasteiger partial charge in [0, 0.05) is 13.0 Å². The van der Waals surface area contributed by atoms with Crippen LogP contribution in [0.3, 0.4) is 0 Å². The van der Waals surface area contributed by atoms with Crippen molar-refractivity contribution in [2.45, 2.75) is 24.9 Å². The molecule has 1 spiro atoms. The molecule has 0 radical (unpaired) electrons. The van der Waals surface area contributed by atoms with Gasteiger partial charge in [-0.3, -0.25) is 20.2 Å². The van der Waals surface area contributed by atoms with Gasteiger partial charge in [0.05, 0.1) is 12.6 Å². The Hall–Kier alpha value is -0.940. The zero-order valence-corrected chi connectivity index (χ0v) is 7.42. The number of nitrogens with one attached hydrogen (secondary N) is 2. The van der Waals surface area contributed by atoms with Gasteiger partial charge < -0.3 is 4.74 Å². The summed E-state index contributed by atoms with van der Waals surface area (Å²) in [6, 6.07) is -0.320.